The van der Waals surface area contributed by atoms with Crippen molar-refractivity contribution in [2.45, 2.75) is 24.7 Å². The van der Waals surface area contributed by atoms with E-state index in [1.165, 1.54) is 30.3 Å². The number of phenolic OH excluding ortho intramolecular Hbond substituents is 1. The second-order valence-electron chi connectivity index (χ2n) is 6.30. The van der Waals surface area contributed by atoms with Crippen molar-refractivity contribution < 1.29 is 18.3 Å². The summed E-state index contributed by atoms with van der Waals surface area (Å²) in [7, 11) is -3.64. The van der Waals surface area contributed by atoms with Crippen LogP contribution in [-0.4, -0.2) is 26.0 Å². The second-order valence-corrected chi connectivity index (χ2v) is 8.06. The number of hydrogen-bond donors (Lipinski definition) is 3. The largest absolute Gasteiger partial charge is 0.506 e. The van der Waals surface area contributed by atoms with E-state index in [9.17, 15) is 18.3 Å². The maximum Gasteiger partial charge on any atom is 0.255 e. The number of rotatable bonds is 6. The zero-order valence-corrected chi connectivity index (χ0v) is 14.6. The molecule has 2 aromatic rings. The number of carbonyl (C=O) groups excluding carboxylic acids is 1. The molecule has 1 amide bonds. The summed E-state index contributed by atoms with van der Waals surface area (Å²) in [6, 6.07) is 10.7. The molecule has 25 heavy (non-hydrogen) atoms. The minimum atomic E-state index is -3.64. The number of aromatic hydroxyl groups is 1. The van der Waals surface area contributed by atoms with Gasteiger partial charge < -0.3 is 10.4 Å². The van der Waals surface area contributed by atoms with Gasteiger partial charge in [0.2, 0.25) is 10.0 Å². The van der Waals surface area contributed by atoms with Crippen LogP contribution in [0, 0.1) is 12.8 Å². The Kier molecular flexibility index (Phi) is 4.78. The van der Waals surface area contributed by atoms with E-state index >= 15 is 0 Å². The van der Waals surface area contributed by atoms with Crippen LogP contribution in [0.25, 0.3) is 0 Å². The first-order valence-electron chi connectivity index (χ1n) is 8.06. The number of carbonyl (C=O) groups is 1. The molecular weight excluding hydrogens is 340 g/mol. The van der Waals surface area contributed by atoms with Crippen LogP contribution in [0.5, 0.6) is 5.75 Å². The van der Waals surface area contributed by atoms with Gasteiger partial charge >= 0.3 is 0 Å². The fourth-order valence-electron chi connectivity index (χ4n) is 2.38. The lowest BCUT2D eigenvalue weighted by atomic mass is 10.1. The molecule has 0 radical (unpaired) electrons. The van der Waals surface area contributed by atoms with E-state index in [1.807, 2.05) is 6.92 Å². The third-order valence-electron chi connectivity index (χ3n) is 4.07. The van der Waals surface area contributed by atoms with Crippen LogP contribution < -0.4 is 10.0 Å². The highest BCUT2D eigenvalue weighted by atomic mass is 32.2. The number of amides is 1. The van der Waals surface area contributed by atoms with Gasteiger partial charge in [-0.05, 0) is 61.6 Å². The maximum atomic E-state index is 12.4. The quantitative estimate of drug-likeness (QED) is 0.690. The zero-order chi connectivity index (χ0) is 18.0. The molecule has 0 saturated heterocycles. The molecule has 0 aliphatic heterocycles. The first-order chi connectivity index (χ1) is 11.8. The molecule has 0 atom stereocenters. The van der Waals surface area contributed by atoms with E-state index in [0.29, 0.717) is 12.5 Å². The van der Waals surface area contributed by atoms with Gasteiger partial charge in [-0.25, -0.2) is 13.1 Å². The van der Waals surface area contributed by atoms with Gasteiger partial charge in [0.15, 0.2) is 0 Å². The van der Waals surface area contributed by atoms with E-state index in [0.717, 1.165) is 18.4 Å². The zero-order valence-electron chi connectivity index (χ0n) is 13.8. The molecule has 1 saturated carbocycles. The summed E-state index contributed by atoms with van der Waals surface area (Å²) in [6.07, 6.45) is 2.09. The standard InChI is InChI=1S/C18H20N2O4S/c1-12-5-8-17(21)16(9-12)20-18(22)14-3-2-4-15(10-14)25(23,24)19-11-13-6-7-13/h2-5,8-10,13,19,21H,6-7,11H2,1H3,(H,20,22). The van der Waals surface area contributed by atoms with Crippen LogP contribution in [0.2, 0.25) is 0 Å². The highest BCUT2D eigenvalue weighted by Crippen LogP contribution is 2.28. The number of sulfonamides is 1. The molecular formula is C18H20N2O4S. The summed E-state index contributed by atoms with van der Waals surface area (Å²) in [4.78, 5) is 12.4. The number of phenols is 1. The number of benzene rings is 2. The van der Waals surface area contributed by atoms with Crippen molar-refractivity contribution >= 4 is 21.6 Å². The van der Waals surface area contributed by atoms with Gasteiger partial charge in [-0.15, -0.1) is 0 Å². The van der Waals surface area contributed by atoms with Crippen LogP contribution in [0.3, 0.4) is 0 Å². The molecule has 2 aromatic carbocycles. The number of aryl methyl sites for hydroxylation is 1. The van der Waals surface area contributed by atoms with Crippen LogP contribution in [-0.2, 0) is 10.0 Å². The van der Waals surface area contributed by atoms with Crippen molar-refractivity contribution in [1.29, 1.82) is 0 Å². The van der Waals surface area contributed by atoms with E-state index in [-0.39, 0.29) is 21.9 Å². The number of anilines is 1. The van der Waals surface area contributed by atoms with Crippen molar-refractivity contribution in [1.82, 2.24) is 4.72 Å². The molecule has 0 spiro atoms. The van der Waals surface area contributed by atoms with E-state index in [1.54, 1.807) is 12.1 Å². The molecule has 3 N–H and O–H groups in total. The van der Waals surface area contributed by atoms with E-state index in [2.05, 4.69) is 10.0 Å². The summed E-state index contributed by atoms with van der Waals surface area (Å²) in [6.45, 7) is 2.27. The molecule has 0 heterocycles. The van der Waals surface area contributed by atoms with Gasteiger partial charge in [0.05, 0.1) is 10.6 Å². The number of hydrogen-bond acceptors (Lipinski definition) is 4. The SMILES string of the molecule is Cc1ccc(O)c(NC(=O)c2cccc(S(=O)(=O)NCC3CC3)c2)c1. The maximum absolute atomic E-state index is 12.4. The number of nitrogens with one attached hydrogen (secondary N) is 2. The molecule has 7 heteroatoms. The molecule has 0 bridgehead atoms. The lowest BCUT2D eigenvalue weighted by molar-refractivity contribution is 0.102. The van der Waals surface area contributed by atoms with Gasteiger partial charge in [-0.2, -0.15) is 0 Å². The van der Waals surface area contributed by atoms with Crippen LogP contribution in [0.4, 0.5) is 5.69 Å². The summed E-state index contributed by atoms with van der Waals surface area (Å²) in [5, 5.41) is 12.4. The van der Waals surface area contributed by atoms with Gasteiger partial charge in [-0.1, -0.05) is 12.1 Å². The van der Waals surface area contributed by atoms with Crippen LogP contribution in [0.15, 0.2) is 47.4 Å². The van der Waals surface area contributed by atoms with Crippen LogP contribution in [0.1, 0.15) is 28.8 Å². The summed E-state index contributed by atoms with van der Waals surface area (Å²) < 4.78 is 27.2. The van der Waals surface area contributed by atoms with Crippen molar-refractivity contribution in [3.05, 3.63) is 53.6 Å². The molecule has 6 nitrogen and oxygen atoms in total. The van der Waals surface area contributed by atoms with E-state index < -0.39 is 15.9 Å². The molecule has 0 aromatic heterocycles. The Labute approximate surface area is 146 Å². The van der Waals surface area contributed by atoms with Crippen molar-refractivity contribution in [2.24, 2.45) is 5.92 Å². The van der Waals surface area contributed by atoms with Gasteiger partial charge in [-0.3, -0.25) is 4.79 Å². The Morgan fingerprint density at radius 3 is 2.68 bits per heavy atom. The Hall–Kier alpha value is -2.38. The van der Waals surface area contributed by atoms with Crippen molar-refractivity contribution in [3.8, 4) is 5.75 Å². The first kappa shape index (κ1) is 17.4. The average Bonchev–Trinajstić information content (AvgIpc) is 3.41. The molecule has 0 unspecified atom stereocenters. The fourth-order valence-corrected chi connectivity index (χ4v) is 3.54. The Balaban J connectivity index is 1.78. The monoisotopic (exact) mass is 360 g/mol. The average molecular weight is 360 g/mol. The summed E-state index contributed by atoms with van der Waals surface area (Å²) in [5.74, 6) is -0.112. The fraction of sp³-hybridized carbons (Fsp3) is 0.278. The lowest BCUT2D eigenvalue weighted by Gasteiger charge is -2.10. The highest BCUT2D eigenvalue weighted by Gasteiger charge is 2.24. The smallest absolute Gasteiger partial charge is 0.255 e. The van der Waals surface area contributed by atoms with Crippen LogP contribution >= 0.6 is 0 Å². The minimum absolute atomic E-state index is 0.0474. The molecule has 1 aliphatic carbocycles. The topological polar surface area (TPSA) is 95.5 Å². The van der Waals surface area contributed by atoms with E-state index in [4.69, 9.17) is 0 Å². The van der Waals surface area contributed by atoms with Crippen molar-refractivity contribution in [3.63, 3.8) is 0 Å². The Bertz CT molecular complexity index is 905. The second kappa shape index (κ2) is 6.85. The van der Waals surface area contributed by atoms with Gasteiger partial charge in [0.1, 0.15) is 5.75 Å². The third-order valence-corrected chi connectivity index (χ3v) is 5.49. The summed E-state index contributed by atoms with van der Waals surface area (Å²) in [5.41, 5.74) is 1.37. The predicted molar refractivity (Wildman–Crippen MR) is 95.2 cm³/mol. The third kappa shape index (κ3) is 4.37. The first-order valence-corrected chi connectivity index (χ1v) is 9.54. The molecule has 1 aliphatic rings. The van der Waals surface area contributed by atoms with Gasteiger partial charge in [0.25, 0.3) is 5.91 Å². The minimum Gasteiger partial charge on any atom is -0.506 e. The molecule has 3 rings (SSSR count). The Morgan fingerprint density at radius 2 is 1.96 bits per heavy atom. The Morgan fingerprint density at radius 1 is 1.20 bits per heavy atom. The lowest BCUT2D eigenvalue weighted by Crippen LogP contribution is -2.26. The molecule has 132 valence electrons. The summed E-state index contributed by atoms with van der Waals surface area (Å²) >= 11 is 0. The van der Waals surface area contributed by atoms with Gasteiger partial charge in [0, 0.05) is 12.1 Å². The molecule has 1 fully saturated rings. The predicted octanol–water partition coefficient (Wildman–Crippen LogP) is 2.64. The highest BCUT2D eigenvalue weighted by molar-refractivity contribution is 7.89. The van der Waals surface area contributed by atoms with Crippen molar-refractivity contribution in [2.75, 3.05) is 11.9 Å². The normalized spacial score (nSPS) is 14.3.